The molecule has 0 atom stereocenters. The van der Waals surface area contributed by atoms with Crippen LogP contribution in [0.25, 0.3) is 0 Å². The van der Waals surface area contributed by atoms with Crippen LogP contribution >= 0.6 is 11.6 Å². The van der Waals surface area contributed by atoms with Crippen molar-refractivity contribution in [1.29, 1.82) is 0 Å². The van der Waals surface area contributed by atoms with Crippen molar-refractivity contribution < 1.29 is 19.1 Å². The van der Waals surface area contributed by atoms with Crippen molar-refractivity contribution in [2.24, 2.45) is 0 Å². The minimum atomic E-state index is -0.630. The Labute approximate surface area is 91.7 Å². The van der Waals surface area contributed by atoms with E-state index in [9.17, 15) is 9.59 Å². The van der Waals surface area contributed by atoms with Crippen molar-refractivity contribution in [1.82, 2.24) is 0 Å². The summed E-state index contributed by atoms with van der Waals surface area (Å²) in [4.78, 5) is 21.8. The van der Waals surface area contributed by atoms with E-state index in [1.807, 2.05) is 0 Å². The number of esters is 1. The van der Waals surface area contributed by atoms with Crippen LogP contribution in [0, 0.1) is 0 Å². The molecule has 4 nitrogen and oxygen atoms in total. The Morgan fingerprint density at radius 1 is 1.33 bits per heavy atom. The van der Waals surface area contributed by atoms with Gasteiger partial charge in [-0.1, -0.05) is 12.1 Å². The van der Waals surface area contributed by atoms with Gasteiger partial charge in [-0.15, -0.1) is 0 Å². The van der Waals surface area contributed by atoms with Crippen LogP contribution < -0.4 is 4.74 Å². The van der Waals surface area contributed by atoms with Gasteiger partial charge in [0.25, 0.3) is 5.24 Å². The van der Waals surface area contributed by atoms with Crippen molar-refractivity contribution in [2.75, 3.05) is 13.7 Å². The molecule has 0 aromatic heterocycles. The third kappa shape index (κ3) is 3.25. The molecule has 0 aliphatic rings. The van der Waals surface area contributed by atoms with Gasteiger partial charge >= 0.3 is 5.97 Å². The van der Waals surface area contributed by atoms with Gasteiger partial charge in [0.15, 0.2) is 6.61 Å². The Morgan fingerprint density at radius 3 is 2.60 bits per heavy atom. The van der Waals surface area contributed by atoms with Gasteiger partial charge in [0, 0.05) is 0 Å². The molecule has 0 fully saturated rings. The van der Waals surface area contributed by atoms with Crippen LogP contribution in [0.1, 0.15) is 10.4 Å². The molecule has 15 heavy (non-hydrogen) atoms. The number of rotatable bonds is 4. The summed E-state index contributed by atoms with van der Waals surface area (Å²) in [6, 6.07) is 6.45. The second kappa shape index (κ2) is 5.36. The second-order valence-corrected chi connectivity index (χ2v) is 3.05. The molecule has 0 radical (unpaired) electrons. The average molecular weight is 229 g/mol. The molecule has 1 aromatic rings. The Kier molecular flexibility index (Phi) is 4.12. The number of benzene rings is 1. The Morgan fingerprint density at radius 2 is 2.00 bits per heavy atom. The van der Waals surface area contributed by atoms with Crippen molar-refractivity contribution >= 4 is 22.8 Å². The van der Waals surface area contributed by atoms with Crippen molar-refractivity contribution in [2.45, 2.75) is 0 Å². The van der Waals surface area contributed by atoms with Gasteiger partial charge in [-0.25, -0.2) is 4.79 Å². The van der Waals surface area contributed by atoms with Crippen molar-refractivity contribution in [3.05, 3.63) is 29.8 Å². The first kappa shape index (κ1) is 11.5. The maximum atomic E-state index is 11.3. The largest absolute Gasteiger partial charge is 0.484 e. The summed E-state index contributed by atoms with van der Waals surface area (Å²) in [5, 5.41) is -0.630. The zero-order valence-electron chi connectivity index (χ0n) is 8.03. The standard InChI is InChI=1S/C10H9ClO4/c1-14-10(13)7-4-2-3-5-8(7)15-6-9(11)12/h2-5H,6H2,1H3. The molecule has 0 spiro atoms. The highest BCUT2D eigenvalue weighted by atomic mass is 35.5. The molecule has 0 aliphatic carbocycles. The third-order valence-corrected chi connectivity index (χ3v) is 1.74. The van der Waals surface area contributed by atoms with E-state index in [2.05, 4.69) is 4.74 Å². The van der Waals surface area contributed by atoms with Gasteiger partial charge in [0.2, 0.25) is 0 Å². The van der Waals surface area contributed by atoms with E-state index in [-0.39, 0.29) is 17.9 Å². The summed E-state index contributed by atoms with van der Waals surface area (Å²) in [6.45, 7) is -0.282. The van der Waals surface area contributed by atoms with E-state index in [0.717, 1.165) is 0 Å². The van der Waals surface area contributed by atoms with Crippen molar-refractivity contribution in [3.8, 4) is 5.75 Å². The number of carbonyl (C=O) groups is 2. The first-order valence-corrected chi connectivity index (χ1v) is 4.51. The van der Waals surface area contributed by atoms with E-state index in [1.54, 1.807) is 24.3 Å². The zero-order chi connectivity index (χ0) is 11.3. The predicted molar refractivity (Wildman–Crippen MR) is 54.1 cm³/mol. The lowest BCUT2D eigenvalue weighted by atomic mass is 10.2. The minimum absolute atomic E-state index is 0.262. The summed E-state index contributed by atoms with van der Waals surface area (Å²) in [5.74, 6) is -0.244. The lowest BCUT2D eigenvalue weighted by molar-refractivity contribution is -0.113. The van der Waals surface area contributed by atoms with E-state index in [0.29, 0.717) is 0 Å². The van der Waals surface area contributed by atoms with Gasteiger partial charge in [-0.3, -0.25) is 4.79 Å². The Balaban J connectivity index is 2.86. The highest BCUT2D eigenvalue weighted by Gasteiger charge is 2.12. The SMILES string of the molecule is COC(=O)c1ccccc1OCC(=O)Cl. The number of methoxy groups -OCH3 is 1. The number of halogens is 1. The van der Waals surface area contributed by atoms with Gasteiger partial charge in [0.1, 0.15) is 11.3 Å². The van der Waals surface area contributed by atoms with Crippen LogP contribution in [0.4, 0.5) is 0 Å². The van der Waals surface area contributed by atoms with E-state index in [4.69, 9.17) is 16.3 Å². The molecule has 0 bridgehead atoms. The highest BCUT2D eigenvalue weighted by Crippen LogP contribution is 2.18. The fourth-order valence-corrected chi connectivity index (χ4v) is 1.06. The summed E-state index contributed by atoms with van der Waals surface area (Å²) < 4.78 is 9.59. The molecule has 5 heteroatoms. The zero-order valence-corrected chi connectivity index (χ0v) is 8.78. The molecular formula is C10H9ClO4. The molecule has 0 saturated heterocycles. The highest BCUT2D eigenvalue weighted by molar-refractivity contribution is 6.63. The van der Waals surface area contributed by atoms with E-state index < -0.39 is 11.2 Å². The van der Waals surface area contributed by atoms with Crippen LogP contribution in [-0.4, -0.2) is 24.9 Å². The van der Waals surface area contributed by atoms with Gasteiger partial charge < -0.3 is 9.47 Å². The number of hydrogen-bond acceptors (Lipinski definition) is 4. The molecule has 0 N–H and O–H groups in total. The summed E-state index contributed by atoms with van der Waals surface area (Å²) >= 11 is 5.11. The Bertz CT molecular complexity index is 375. The first-order valence-electron chi connectivity index (χ1n) is 4.13. The van der Waals surface area contributed by atoms with Gasteiger partial charge in [-0.2, -0.15) is 0 Å². The molecule has 0 aliphatic heterocycles. The summed E-state index contributed by atoms with van der Waals surface area (Å²) in [6.07, 6.45) is 0. The number of carbonyl (C=O) groups excluding carboxylic acids is 2. The molecule has 1 rings (SSSR count). The van der Waals surface area contributed by atoms with Crippen LogP contribution in [0.3, 0.4) is 0 Å². The predicted octanol–water partition coefficient (Wildman–Crippen LogP) is 1.62. The third-order valence-electron chi connectivity index (χ3n) is 1.63. The monoisotopic (exact) mass is 228 g/mol. The molecule has 0 unspecified atom stereocenters. The average Bonchev–Trinajstić information content (AvgIpc) is 2.25. The quantitative estimate of drug-likeness (QED) is 0.581. The smallest absolute Gasteiger partial charge is 0.341 e. The maximum absolute atomic E-state index is 11.3. The molecule has 0 heterocycles. The summed E-state index contributed by atoms with van der Waals surface area (Å²) in [5.41, 5.74) is 0.262. The molecular weight excluding hydrogens is 220 g/mol. The Hall–Kier alpha value is -1.55. The lowest BCUT2D eigenvalue weighted by Gasteiger charge is -2.07. The van der Waals surface area contributed by atoms with Crippen LogP contribution in [0.5, 0.6) is 5.75 Å². The molecule has 1 aromatic carbocycles. The molecule has 80 valence electrons. The number of hydrogen-bond donors (Lipinski definition) is 0. The summed E-state index contributed by atoms with van der Waals surface area (Å²) in [7, 11) is 1.27. The first-order chi connectivity index (χ1) is 7.15. The number of para-hydroxylation sites is 1. The van der Waals surface area contributed by atoms with Crippen molar-refractivity contribution in [3.63, 3.8) is 0 Å². The lowest BCUT2D eigenvalue weighted by Crippen LogP contribution is -2.09. The fourth-order valence-electron chi connectivity index (χ4n) is 1.01. The minimum Gasteiger partial charge on any atom is -0.484 e. The van der Waals surface area contributed by atoms with Gasteiger partial charge in [0.05, 0.1) is 7.11 Å². The molecule has 0 saturated carbocycles. The normalized spacial score (nSPS) is 9.47. The van der Waals surface area contributed by atoms with Crippen LogP contribution in [0.2, 0.25) is 0 Å². The van der Waals surface area contributed by atoms with Crippen LogP contribution in [0.15, 0.2) is 24.3 Å². The topological polar surface area (TPSA) is 52.6 Å². The van der Waals surface area contributed by atoms with Gasteiger partial charge in [-0.05, 0) is 23.7 Å². The van der Waals surface area contributed by atoms with E-state index >= 15 is 0 Å². The fraction of sp³-hybridized carbons (Fsp3) is 0.200. The maximum Gasteiger partial charge on any atom is 0.341 e. The number of ether oxygens (including phenoxy) is 2. The van der Waals surface area contributed by atoms with E-state index in [1.165, 1.54) is 7.11 Å². The van der Waals surface area contributed by atoms with Crippen LogP contribution in [-0.2, 0) is 9.53 Å². The molecule has 0 amide bonds. The second-order valence-electron chi connectivity index (χ2n) is 2.63.